The Labute approximate surface area is 333 Å². The van der Waals surface area contributed by atoms with Crippen LogP contribution in [-0.4, -0.2) is 77.1 Å². The van der Waals surface area contributed by atoms with Gasteiger partial charge in [0, 0.05) is 74.3 Å². The summed E-state index contributed by atoms with van der Waals surface area (Å²) in [6.45, 7) is 8.73. The van der Waals surface area contributed by atoms with Gasteiger partial charge in [0.1, 0.15) is 29.5 Å². The molecule has 57 heavy (non-hydrogen) atoms. The summed E-state index contributed by atoms with van der Waals surface area (Å²) >= 11 is 0. The van der Waals surface area contributed by atoms with Crippen LogP contribution < -0.4 is 14.4 Å². The summed E-state index contributed by atoms with van der Waals surface area (Å²) in [5.74, 6) is 1.36. The van der Waals surface area contributed by atoms with Gasteiger partial charge in [-0.15, -0.1) is 0 Å². The van der Waals surface area contributed by atoms with E-state index in [0.29, 0.717) is 44.9 Å². The fraction of sp³-hybridized carbons (Fsp3) is 0.326. The lowest BCUT2D eigenvalue weighted by atomic mass is 9.98. The van der Waals surface area contributed by atoms with E-state index in [1.54, 1.807) is 6.92 Å². The molecule has 4 heterocycles. The lowest BCUT2D eigenvalue weighted by Gasteiger charge is -2.35. The van der Waals surface area contributed by atoms with E-state index in [2.05, 4.69) is 64.1 Å². The van der Waals surface area contributed by atoms with E-state index < -0.39 is 0 Å². The number of hydrogen-bond acceptors (Lipinski definition) is 8. The average molecular weight is 768 g/mol. The Kier molecular flexibility index (Phi) is 11.3. The Hall–Kier alpha value is -6.07. The van der Waals surface area contributed by atoms with Crippen molar-refractivity contribution in [3.63, 3.8) is 0 Å². The minimum atomic E-state index is -0.344. The van der Waals surface area contributed by atoms with Gasteiger partial charge in [-0.2, -0.15) is 5.10 Å². The molecule has 11 nitrogen and oxygen atoms in total. The summed E-state index contributed by atoms with van der Waals surface area (Å²) < 4.78 is 28.6. The quantitative estimate of drug-likeness (QED) is 0.0751. The monoisotopic (exact) mass is 767 g/mol. The van der Waals surface area contributed by atoms with Crippen LogP contribution in [0.4, 0.5) is 5.69 Å². The van der Waals surface area contributed by atoms with Crippen molar-refractivity contribution in [2.24, 2.45) is 7.05 Å². The van der Waals surface area contributed by atoms with E-state index >= 15 is 0 Å². The molecule has 1 amide bonds. The van der Waals surface area contributed by atoms with Crippen LogP contribution >= 0.6 is 0 Å². The molecule has 4 aromatic carbocycles. The van der Waals surface area contributed by atoms with E-state index in [4.69, 9.17) is 24.0 Å². The summed E-state index contributed by atoms with van der Waals surface area (Å²) in [4.78, 5) is 29.9. The molecule has 0 spiro atoms. The molecule has 0 bridgehead atoms. The highest BCUT2D eigenvalue weighted by Crippen LogP contribution is 2.39. The highest BCUT2D eigenvalue weighted by Gasteiger charge is 2.29. The van der Waals surface area contributed by atoms with Crippen molar-refractivity contribution in [3.05, 3.63) is 120 Å². The van der Waals surface area contributed by atoms with Crippen LogP contribution in [-0.2, 0) is 47.5 Å². The van der Waals surface area contributed by atoms with Crippen LogP contribution in [0.15, 0.2) is 97.1 Å². The van der Waals surface area contributed by atoms with Crippen molar-refractivity contribution in [1.29, 1.82) is 0 Å². The van der Waals surface area contributed by atoms with Gasteiger partial charge in [0.2, 0.25) is 5.91 Å². The van der Waals surface area contributed by atoms with Gasteiger partial charge in [-0.1, -0.05) is 66.7 Å². The number of amides is 1. The number of allylic oxidation sites excluding steroid dienone is 1. The van der Waals surface area contributed by atoms with Crippen LogP contribution in [0, 0.1) is 0 Å². The first-order valence-electron chi connectivity index (χ1n) is 19.8. The number of ether oxygens (including phenoxy) is 4. The molecule has 0 radical (unpaired) electrons. The molecule has 0 N–H and O–H groups in total. The molecule has 294 valence electrons. The molecule has 11 heteroatoms. The smallest absolute Gasteiger partial charge is 0.355 e. The number of esters is 1. The molecule has 6 aromatic rings. The molecule has 1 saturated heterocycles. The van der Waals surface area contributed by atoms with Crippen molar-refractivity contribution >= 4 is 39.2 Å². The fourth-order valence-electron chi connectivity index (χ4n) is 8.16. The van der Waals surface area contributed by atoms with E-state index in [1.165, 1.54) is 0 Å². The van der Waals surface area contributed by atoms with Gasteiger partial charge in [-0.25, -0.2) is 4.79 Å². The summed E-state index contributed by atoms with van der Waals surface area (Å²) in [6, 6.07) is 28.7. The van der Waals surface area contributed by atoms with Crippen molar-refractivity contribution in [2.75, 3.05) is 50.9 Å². The first-order chi connectivity index (χ1) is 27.9. The molecule has 2 aromatic heterocycles. The molecule has 2 aliphatic rings. The normalized spacial score (nSPS) is 14.4. The van der Waals surface area contributed by atoms with E-state index in [1.807, 2.05) is 66.0 Å². The summed E-state index contributed by atoms with van der Waals surface area (Å²) in [5, 5.41) is 8.20. The molecule has 0 unspecified atom stereocenters. The molecule has 8 rings (SSSR count). The molecular weight excluding hydrogens is 719 g/mol. The largest absolute Gasteiger partial charge is 0.493 e. The molecule has 0 atom stereocenters. The van der Waals surface area contributed by atoms with E-state index in [-0.39, 0.29) is 25.1 Å². The summed E-state index contributed by atoms with van der Waals surface area (Å²) in [6.07, 6.45) is 5.38. The number of carbonyl (C=O) groups excluding carboxylic acids is 2. The zero-order valence-corrected chi connectivity index (χ0v) is 32.9. The van der Waals surface area contributed by atoms with Gasteiger partial charge in [0.15, 0.2) is 0 Å². The predicted molar refractivity (Wildman–Crippen MR) is 222 cm³/mol. The Balaban J connectivity index is 1.11. The minimum Gasteiger partial charge on any atom is -0.493 e. The topological polar surface area (TPSA) is 100 Å². The lowest BCUT2D eigenvalue weighted by Crippen LogP contribution is -2.48. The van der Waals surface area contributed by atoms with Gasteiger partial charge < -0.3 is 33.3 Å². The highest BCUT2D eigenvalue weighted by atomic mass is 16.5. The number of benzene rings is 4. The second-order valence-electron chi connectivity index (χ2n) is 14.4. The van der Waals surface area contributed by atoms with Crippen LogP contribution in [0.25, 0.3) is 32.8 Å². The fourth-order valence-corrected chi connectivity index (χ4v) is 8.16. The molecular formula is C46H49N5O6. The van der Waals surface area contributed by atoms with Crippen molar-refractivity contribution in [2.45, 2.75) is 46.4 Å². The number of para-hydroxylation sites is 1. The first kappa shape index (κ1) is 37.8. The maximum Gasteiger partial charge on any atom is 0.355 e. The number of nitrogens with zero attached hydrogens (tertiary/aromatic N) is 5. The van der Waals surface area contributed by atoms with Crippen LogP contribution in [0.1, 0.15) is 47.7 Å². The standard InChI is InChI=1S/C46H49N5O6/c1-4-55-46(53)45-38(17-11-29-56-42-18-9-13-33-12-5-6-14-36(33)42)37-15-10-16-39-43-40(47-48(3)41(43)31-54-28-8-7-23-51(45)44(37)39)30-57-35-21-19-34(20-22-35)50-26-24-49(25-27-50)32(2)52/h5-10,12-16,18-22H,4,11,17,23-31H2,1-3H3. The highest BCUT2D eigenvalue weighted by molar-refractivity contribution is 6.05. The predicted octanol–water partition coefficient (Wildman–Crippen LogP) is 7.72. The Bertz CT molecular complexity index is 2420. The lowest BCUT2D eigenvalue weighted by molar-refractivity contribution is -0.129. The van der Waals surface area contributed by atoms with Crippen molar-refractivity contribution < 1.29 is 28.5 Å². The van der Waals surface area contributed by atoms with Gasteiger partial charge in [-0.05, 0) is 61.0 Å². The minimum absolute atomic E-state index is 0.120. The van der Waals surface area contributed by atoms with E-state index in [9.17, 15) is 9.59 Å². The number of fused-ring (bicyclic) bond motifs is 3. The summed E-state index contributed by atoms with van der Waals surface area (Å²) in [7, 11) is 1.94. The van der Waals surface area contributed by atoms with Crippen LogP contribution in [0.5, 0.6) is 11.5 Å². The Morgan fingerprint density at radius 3 is 2.44 bits per heavy atom. The van der Waals surface area contributed by atoms with Crippen LogP contribution in [0.2, 0.25) is 0 Å². The number of anilines is 1. The van der Waals surface area contributed by atoms with E-state index in [0.717, 1.165) is 93.1 Å². The third-order valence-corrected chi connectivity index (χ3v) is 11.0. The van der Waals surface area contributed by atoms with Gasteiger partial charge in [-0.3, -0.25) is 9.48 Å². The SMILES string of the molecule is CCOC(=O)c1c(CCCOc2cccc3ccccc23)c2cccc3c2n1CC=CCOCc1c-3c(COc2ccc(N3CCN(C(C)=O)CC3)cc2)nn1C. The number of rotatable bonds is 11. The average Bonchev–Trinajstić information content (AvgIpc) is 3.71. The third kappa shape index (κ3) is 7.84. The van der Waals surface area contributed by atoms with Crippen molar-refractivity contribution in [1.82, 2.24) is 19.2 Å². The zero-order chi connectivity index (χ0) is 39.3. The maximum atomic E-state index is 13.9. The van der Waals surface area contributed by atoms with Gasteiger partial charge >= 0.3 is 5.97 Å². The molecule has 0 aliphatic carbocycles. The Morgan fingerprint density at radius 2 is 1.63 bits per heavy atom. The summed E-state index contributed by atoms with van der Waals surface area (Å²) in [5.41, 5.74) is 7.13. The second-order valence-corrected chi connectivity index (χ2v) is 14.4. The molecule has 2 aliphatic heterocycles. The maximum absolute atomic E-state index is 13.9. The molecule has 0 saturated carbocycles. The number of hydrogen-bond donors (Lipinski definition) is 0. The Morgan fingerprint density at radius 1 is 0.860 bits per heavy atom. The second kappa shape index (κ2) is 17.0. The zero-order valence-electron chi connectivity index (χ0n) is 32.9. The van der Waals surface area contributed by atoms with Gasteiger partial charge in [0.05, 0.1) is 37.6 Å². The number of carbonyl (C=O) groups is 2. The number of piperazine rings is 1. The molecule has 1 fully saturated rings. The van der Waals surface area contributed by atoms with Crippen LogP contribution in [0.3, 0.4) is 0 Å². The van der Waals surface area contributed by atoms with Gasteiger partial charge in [0.25, 0.3) is 0 Å². The number of aryl methyl sites for hydroxylation is 2. The van der Waals surface area contributed by atoms with Crippen molar-refractivity contribution in [3.8, 4) is 22.6 Å². The first-order valence-corrected chi connectivity index (χ1v) is 19.8. The number of aromatic nitrogens is 3. The third-order valence-electron chi connectivity index (χ3n) is 11.0.